The molecule has 1 N–H and O–H groups in total. The number of ketones is 1. The van der Waals surface area contributed by atoms with E-state index in [2.05, 4.69) is 0 Å². The van der Waals surface area contributed by atoms with Crippen LogP contribution in [0.25, 0.3) is 0 Å². The lowest BCUT2D eigenvalue weighted by Gasteiger charge is -2.07. The molecule has 1 rings (SSSR count). The second-order valence-corrected chi connectivity index (χ2v) is 2.64. The standard InChI is InChI=1S/C10H12O3/c1-3-13-9-6-4-5-8(7(2)11)10(9)12/h4-6,12H,3H2,1-2H3. The van der Waals surface area contributed by atoms with Crippen LogP contribution in [0.3, 0.4) is 0 Å². The largest absolute Gasteiger partial charge is 0.504 e. The topological polar surface area (TPSA) is 46.5 Å². The molecule has 1 aromatic carbocycles. The molecule has 0 atom stereocenters. The highest BCUT2D eigenvalue weighted by atomic mass is 16.5. The summed E-state index contributed by atoms with van der Waals surface area (Å²) < 4.78 is 5.13. The van der Waals surface area contributed by atoms with Gasteiger partial charge in [0, 0.05) is 0 Å². The lowest BCUT2D eigenvalue weighted by atomic mass is 10.1. The molecule has 0 heterocycles. The number of ether oxygens (including phenoxy) is 1. The molecule has 0 amide bonds. The van der Waals surface area contributed by atoms with Gasteiger partial charge in [0.05, 0.1) is 12.2 Å². The van der Waals surface area contributed by atoms with Crippen molar-refractivity contribution in [3.8, 4) is 11.5 Å². The Hall–Kier alpha value is -1.51. The number of phenolic OH excluding ortho intramolecular Hbond substituents is 1. The first-order valence-electron chi connectivity index (χ1n) is 4.12. The monoisotopic (exact) mass is 180 g/mol. The fourth-order valence-electron chi connectivity index (χ4n) is 1.08. The first kappa shape index (κ1) is 9.58. The van der Waals surface area contributed by atoms with E-state index in [1.54, 1.807) is 18.2 Å². The van der Waals surface area contributed by atoms with Gasteiger partial charge in [0.1, 0.15) is 0 Å². The maximum atomic E-state index is 11.0. The van der Waals surface area contributed by atoms with Crippen molar-refractivity contribution >= 4 is 5.78 Å². The van der Waals surface area contributed by atoms with Crippen molar-refractivity contribution in [3.63, 3.8) is 0 Å². The van der Waals surface area contributed by atoms with Crippen LogP contribution in [0.1, 0.15) is 24.2 Å². The van der Waals surface area contributed by atoms with E-state index in [0.717, 1.165) is 0 Å². The Labute approximate surface area is 77.0 Å². The third-order valence-corrected chi connectivity index (χ3v) is 1.68. The number of rotatable bonds is 3. The van der Waals surface area contributed by atoms with E-state index in [9.17, 15) is 9.90 Å². The number of carbonyl (C=O) groups is 1. The van der Waals surface area contributed by atoms with Crippen LogP contribution in [0.2, 0.25) is 0 Å². The number of hydrogen-bond acceptors (Lipinski definition) is 3. The fourth-order valence-corrected chi connectivity index (χ4v) is 1.08. The Morgan fingerprint density at radius 1 is 1.54 bits per heavy atom. The molecule has 0 radical (unpaired) electrons. The van der Waals surface area contributed by atoms with E-state index in [0.29, 0.717) is 17.9 Å². The van der Waals surface area contributed by atoms with Crippen LogP contribution < -0.4 is 4.74 Å². The first-order valence-corrected chi connectivity index (χ1v) is 4.12. The van der Waals surface area contributed by atoms with Gasteiger partial charge in [-0.25, -0.2) is 0 Å². The summed E-state index contributed by atoms with van der Waals surface area (Å²) in [6, 6.07) is 4.88. The van der Waals surface area contributed by atoms with Gasteiger partial charge in [-0.3, -0.25) is 4.79 Å². The highest BCUT2D eigenvalue weighted by molar-refractivity contribution is 5.97. The minimum atomic E-state index is -0.168. The van der Waals surface area contributed by atoms with Crippen LogP contribution in [0.15, 0.2) is 18.2 Å². The Bertz CT molecular complexity index is 318. The van der Waals surface area contributed by atoms with Crippen LogP contribution >= 0.6 is 0 Å². The zero-order chi connectivity index (χ0) is 9.84. The van der Waals surface area contributed by atoms with Crippen LogP contribution in [0.5, 0.6) is 11.5 Å². The molecule has 0 aromatic heterocycles. The van der Waals surface area contributed by atoms with Gasteiger partial charge in [-0.05, 0) is 26.0 Å². The predicted molar refractivity (Wildman–Crippen MR) is 49.3 cm³/mol. The van der Waals surface area contributed by atoms with Gasteiger partial charge in [-0.1, -0.05) is 6.07 Å². The summed E-state index contributed by atoms with van der Waals surface area (Å²) in [5.74, 6) is 0.117. The van der Waals surface area contributed by atoms with Crippen LogP contribution in [-0.2, 0) is 0 Å². The highest BCUT2D eigenvalue weighted by Gasteiger charge is 2.10. The Morgan fingerprint density at radius 2 is 2.23 bits per heavy atom. The molecule has 3 heteroatoms. The van der Waals surface area contributed by atoms with Crippen molar-refractivity contribution in [2.45, 2.75) is 13.8 Å². The maximum Gasteiger partial charge on any atom is 0.168 e. The molecular weight excluding hydrogens is 168 g/mol. The molecule has 0 aliphatic heterocycles. The molecule has 0 spiro atoms. The van der Waals surface area contributed by atoms with Crippen molar-refractivity contribution in [1.82, 2.24) is 0 Å². The minimum absolute atomic E-state index is 0.0724. The Kier molecular flexibility index (Phi) is 2.90. The lowest BCUT2D eigenvalue weighted by molar-refractivity contribution is 0.101. The van der Waals surface area contributed by atoms with Crippen molar-refractivity contribution in [2.24, 2.45) is 0 Å². The molecule has 1 aromatic rings. The van der Waals surface area contributed by atoms with Crippen LogP contribution in [0, 0.1) is 0 Å². The smallest absolute Gasteiger partial charge is 0.168 e. The molecule has 0 aliphatic rings. The summed E-state index contributed by atoms with van der Waals surface area (Å²) in [7, 11) is 0. The highest BCUT2D eigenvalue weighted by Crippen LogP contribution is 2.29. The van der Waals surface area contributed by atoms with Gasteiger partial charge < -0.3 is 9.84 Å². The number of para-hydroxylation sites is 1. The summed E-state index contributed by atoms with van der Waals surface area (Å²) >= 11 is 0. The van der Waals surface area contributed by atoms with Gasteiger partial charge in [-0.15, -0.1) is 0 Å². The second kappa shape index (κ2) is 3.94. The van der Waals surface area contributed by atoms with E-state index in [-0.39, 0.29) is 11.5 Å². The normalized spacial score (nSPS) is 9.69. The van der Waals surface area contributed by atoms with Gasteiger partial charge in [-0.2, -0.15) is 0 Å². The van der Waals surface area contributed by atoms with E-state index < -0.39 is 0 Å². The number of carbonyl (C=O) groups excluding carboxylic acids is 1. The number of Topliss-reactive ketones (excluding diaryl/α,β-unsaturated/α-hetero) is 1. The van der Waals surface area contributed by atoms with Crippen LogP contribution in [0.4, 0.5) is 0 Å². The van der Waals surface area contributed by atoms with Gasteiger partial charge in [0.2, 0.25) is 0 Å². The van der Waals surface area contributed by atoms with Crippen molar-refractivity contribution < 1.29 is 14.6 Å². The Balaban J connectivity index is 3.10. The SMILES string of the molecule is CCOc1cccc(C(C)=O)c1O. The van der Waals surface area contributed by atoms with Gasteiger partial charge in [0.25, 0.3) is 0 Å². The molecule has 70 valence electrons. The fraction of sp³-hybridized carbons (Fsp3) is 0.300. The van der Waals surface area contributed by atoms with E-state index in [1.165, 1.54) is 6.92 Å². The van der Waals surface area contributed by atoms with E-state index >= 15 is 0 Å². The molecule has 0 fully saturated rings. The number of benzene rings is 1. The maximum absolute atomic E-state index is 11.0. The average molecular weight is 180 g/mol. The average Bonchev–Trinajstić information content (AvgIpc) is 2.08. The zero-order valence-electron chi connectivity index (χ0n) is 7.70. The van der Waals surface area contributed by atoms with Gasteiger partial charge in [0.15, 0.2) is 17.3 Å². The predicted octanol–water partition coefficient (Wildman–Crippen LogP) is 1.99. The molecule has 0 saturated heterocycles. The molecule has 3 nitrogen and oxygen atoms in total. The number of hydrogen-bond donors (Lipinski definition) is 1. The summed E-state index contributed by atoms with van der Waals surface area (Å²) in [4.78, 5) is 11.0. The zero-order valence-corrected chi connectivity index (χ0v) is 7.70. The van der Waals surface area contributed by atoms with E-state index in [1.807, 2.05) is 6.92 Å². The van der Waals surface area contributed by atoms with Crippen molar-refractivity contribution in [3.05, 3.63) is 23.8 Å². The lowest BCUT2D eigenvalue weighted by Crippen LogP contribution is -1.97. The molecule has 0 aliphatic carbocycles. The summed E-state index contributed by atoms with van der Waals surface area (Å²) in [5, 5.41) is 9.54. The van der Waals surface area contributed by atoms with Gasteiger partial charge >= 0.3 is 0 Å². The van der Waals surface area contributed by atoms with Crippen molar-refractivity contribution in [1.29, 1.82) is 0 Å². The molecular formula is C10H12O3. The summed E-state index contributed by atoms with van der Waals surface area (Å²) in [6.45, 7) is 3.69. The number of aromatic hydroxyl groups is 1. The molecule has 0 bridgehead atoms. The first-order chi connectivity index (χ1) is 6.16. The second-order valence-electron chi connectivity index (χ2n) is 2.64. The van der Waals surface area contributed by atoms with Crippen molar-refractivity contribution in [2.75, 3.05) is 6.61 Å². The third-order valence-electron chi connectivity index (χ3n) is 1.68. The molecule has 0 saturated carbocycles. The molecule has 13 heavy (non-hydrogen) atoms. The quantitative estimate of drug-likeness (QED) is 0.723. The molecule has 0 unspecified atom stereocenters. The van der Waals surface area contributed by atoms with Crippen LogP contribution in [-0.4, -0.2) is 17.5 Å². The Morgan fingerprint density at radius 3 is 2.77 bits per heavy atom. The summed E-state index contributed by atoms with van der Waals surface area (Å²) in [6.07, 6.45) is 0. The minimum Gasteiger partial charge on any atom is -0.504 e. The summed E-state index contributed by atoms with van der Waals surface area (Å²) in [5.41, 5.74) is 0.297. The number of phenols is 1. The van der Waals surface area contributed by atoms with E-state index in [4.69, 9.17) is 4.74 Å². The third kappa shape index (κ3) is 1.99.